The first kappa shape index (κ1) is 15.0. The predicted molar refractivity (Wildman–Crippen MR) is 82.1 cm³/mol. The van der Waals surface area contributed by atoms with Gasteiger partial charge in [0, 0.05) is 18.7 Å². The standard InChI is InChI=1S/C16H23NO3S/c1-3-15(4-2)11-17-12-16(20-15)9-10-21(18,19)14-8-6-5-7-13(14)16/h5-8,17H,3-4,9-12H2,1-2H3. The Morgan fingerprint density at radius 3 is 2.62 bits per heavy atom. The van der Waals surface area contributed by atoms with E-state index in [1.165, 1.54) is 0 Å². The van der Waals surface area contributed by atoms with Crippen molar-refractivity contribution in [1.29, 1.82) is 0 Å². The van der Waals surface area contributed by atoms with Gasteiger partial charge in [-0.2, -0.15) is 0 Å². The molecular weight excluding hydrogens is 286 g/mol. The van der Waals surface area contributed by atoms with Crippen molar-refractivity contribution in [3.63, 3.8) is 0 Å². The zero-order chi connectivity index (χ0) is 15.1. The summed E-state index contributed by atoms with van der Waals surface area (Å²) in [5.41, 5.74) is 0.119. The van der Waals surface area contributed by atoms with Crippen molar-refractivity contribution in [1.82, 2.24) is 5.32 Å². The van der Waals surface area contributed by atoms with E-state index < -0.39 is 15.4 Å². The molecule has 1 aromatic rings. The normalized spacial score (nSPS) is 30.0. The van der Waals surface area contributed by atoms with Gasteiger partial charge in [0.1, 0.15) is 5.60 Å². The molecule has 1 unspecified atom stereocenters. The first-order valence-electron chi connectivity index (χ1n) is 7.70. The molecule has 2 aliphatic rings. The molecule has 116 valence electrons. The number of fused-ring (bicyclic) bond motifs is 2. The zero-order valence-corrected chi connectivity index (χ0v) is 13.5. The highest BCUT2D eigenvalue weighted by atomic mass is 32.2. The molecule has 1 aromatic carbocycles. The van der Waals surface area contributed by atoms with E-state index in [0.717, 1.165) is 24.9 Å². The minimum atomic E-state index is -3.18. The predicted octanol–water partition coefficient (Wildman–Crippen LogP) is 2.24. The third kappa shape index (κ3) is 2.31. The lowest BCUT2D eigenvalue weighted by Gasteiger charge is -2.50. The van der Waals surface area contributed by atoms with Crippen LogP contribution >= 0.6 is 0 Å². The van der Waals surface area contributed by atoms with Crippen LogP contribution in [0.25, 0.3) is 0 Å². The molecule has 2 heterocycles. The first-order valence-corrected chi connectivity index (χ1v) is 9.35. The zero-order valence-electron chi connectivity index (χ0n) is 12.7. The summed E-state index contributed by atoms with van der Waals surface area (Å²) in [6.45, 7) is 5.78. The molecule has 1 N–H and O–H groups in total. The molecule has 0 aliphatic carbocycles. The van der Waals surface area contributed by atoms with Gasteiger partial charge in [-0.15, -0.1) is 0 Å². The van der Waals surface area contributed by atoms with Gasteiger partial charge < -0.3 is 10.1 Å². The molecule has 0 bridgehead atoms. The molecule has 21 heavy (non-hydrogen) atoms. The van der Waals surface area contributed by atoms with Gasteiger partial charge in [0.25, 0.3) is 0 Å². The second-order valence-electron chi connectivity index (χ2n) is 6.16. The van der Waals surface area contributed by atoms with E-state index in [1.807, 2.05) is 12.1 Å². The topological polar surface area (TPSA) is 55.4 Å². The smallest absolute Gasteiger partial charge is 0.178 e. The highest BCUT2D eigenvalue weighted by Crippen LogP contribution is 2.44. The molecule has 3 rings (SSSR count). The highest BCUT2D eigenvalue weighted by Gasteiger charge is 2.49. The van der Waals surface area contributed by atoms with Gasteiger partial charge in [-0.1, -0.05) is 32.0 Å². The van der Waals surface area contributed by atoms with Crippen molar-refractivity contribution in [3.05, 3.63) is 29.8 Å². The van der Waals surface area contributed by atoms with Crippen LogP contribution in [0, 0.1) is 0 Å². The number of sulfone groups is 1. The quantitative estimate of drug-likeness (QED) is 0.910. The average molecular weight is 309 g/mol. The van der Waals surface area contributed by atoms with Gasteiger partial charge in [0.15, 0.2) is 9.84 Å². The van der Waals surface area contributed by atoms with Crippen LogP contribution in [-0.2, 0) is 20.2 Å². The maximum Gasteiger partial charge on any atom is 0.178 e. The van der Waals surface area contributed by atoms with Crippen LogP contribution in [0.4, 0.5) is 0 Å². The van der Waals surface area contributed by atoms with Gasteiger partial charge >= 0.3 is 0 Å². The molecule has 0 saturated carbocycles. The summed E-state index contributed by atoms with van der Waals surface area (Å²) in [5.74, 6) is 0.162. The summed E-state index contributed by atoms with van der Waals surface area (Å²) >= 11 is 0. The van der Waals surface area contributed by atoms with Crippen molar-refractivity contribution in [2.45, 2.75) is 49.2 Å². The largest absolute Gasteiger partial charge is 0.361 e. The molecule has 0 amide bonds. The fourth-order valence-electron chi connectivity index (χ4n) is 3.57. The molecule has 1 atom stereocenters. The number of benzene rings is 1. The van der Waals surface area contributed by atoms with Crippen molar-refractivity contribution in [3.8, 4) is 0 Å². The third-order valence-corrected chi connectivity index (χ3v) is 6.81. The average Bonchev–Trinajstić information content (AvgIpc) is 2.52. The Hall–Kier alpha value is -0.910. The van der Waals surface area contributed by atoms with Crippen LogP contribution in [0.15, 0.2) is 29.2 Å². The number of hydrogen-bond acceptors (Lipinski definition) is 4. The Labute approximate surface area is 126 Å². The van der Waals surface area contributed by atoms with Gasteiger partial charge in [-0.3, -0.25) is 0 Å². The van der Waals surface area contributed by atoms with E-state index in [0.29, 0.717) is 17.9 Å². The Morgan fingerprint density at radius 2 is 1.90 bits per heavy atom. The lowest BCUT2D eigenvalue weighted by Crippen LogP contribution is -2.60. The van der Waals surface area contributed by atoms with Crippen LogP contribution in [0.2, 0.25) is 0 Å². The number of nitrogens with one attached hydrogen (secondary N) is 1. The van der Waals surface area contributed by atoms with E-state index in [4.69, 9.17) is 4.74 Å². The second-order valence-corrected chi connectivity index (χ2v) is 8.23. The summed E-state index contributed by atoms with van der Waals surface area (Å²) in [5, 5.41) is 3.49. The van der Waals surface area contributed by atoms with Crippen LogP contribution in [0.1, 0.15) is 38.7 Å². The monoisotopic (exact) mass is 309 g/mol. The van der Waals surface area contributed by atoms with Crippen molar-refractivity contribution >= 4 is 9.84 Å². The molecule has 0 aromatic heterocycles. The summed E-state index contributed by atoms with van der Waals surface area (Å²) < 4.78 is 31.2. The van der Waals surface area contributed by atoms with Crippen molar-refractivity contribution in [2.24, 2.45) is 0 Å². The lowest BCUT2D eigenvalue weighted by molar-refractivity contribution is -0.190. The van der Waals surface area contributed by atoms with Crippen LogP contribution < -0.4 is 5.32 Å². The number of ether oxygens (including phenoxy) is 1. The van der Waals surface area contributed by atoms with E-state index in [1.54, 1.807) is 12.1 Å². The van der Waals surface area contributed by atoms with E-state index >= 15 is 0 Å². The van der Waals surface area contributed by atoms with Crippen LogP contribution in [0.3, 0.4) is 0 Å². The SMILES string of the molecule is CCC1(CC)CNCC2(CCS(=O)(=O)c3ccccc32)O1. The fourth-order valence-corrected chi connectivity index (χ4v) is 5.26. The van der Waals surface area contributed by atoms with Crippen molar-refractivity contribution in [2.75, 3.05) is 18.8 Å². The Kier molecular flexibility index (Phi) is 3.62. The number of hydrogen-bond donors (Lipinski definition) is 1. The minimum absolute atomic E-state index is 0.162. The highest BCUT2D eigenvalue weighted by molar-refractivity contribution is 7.91. The summed E-state index contributed by atoms with van der Waals surface area (Å²) in [4.78, 5) is 0.445. The van der Waals surface area contributed by atoms with E-state index in [2.05, 4.69) is 19.2 Å². The number of morpholine rings is 1. The number of rotatable bonds is 2. The minimum Gasteiger partial charge on any atom is -0.361 e. The molecule has 1 fully saturated rings. The van der Waals surface area contributed by atoms with Gasteiger partial charge in [0.05, 0.1) is 16.2 Å². The van der Waals surface area contributed by atoms with Gasteiger partial charge in [0.2, 0.25) is 0 Å². The molecule has 1 saturated heterocycles. The summed E-state index contributed by atoms with van der Waals surface area (Å²) in [7, 11) is -3.18. The maximum atomic E-state index is 12.3. The van der Waals surface area contributed by atoms with Crippen LogP contribution in [0.5, 0.6) is 0 Å². The van der Waals surface area contributed by atoms with Crippen LogP contribution in [-0.4, -0.2) is 32.9 Å². The Balaban J connectivity index is 2.10. The molecule has 4 nitrogen and oxygen atoms in total. The molecule has 0 radical (unpaired) electrons. The maximum absolute atomic E-state index is 12.3. The molecule has 2 aliphatic heterocycles. The molecular formula is C16H23NO3S. The fraction of sp³-hybridized carbons (Fsp3) is 0.625. The summed E-state index contributed by atoms with van der Waals surface area (Å²) in [6, 6.07) is 7.32. The van der Waals surface area contributed by atoms with Crippen molar-refractivity contribution < 1.29 is 13.2 Å². The van der Waals surface area contributed by atoms with Gasteiger partial charge in [-0.25, -0.2) is 8.42 Å². The summed E-state index contributed by atoms with van der Waals surface area (Å²) in [6.07, 6.45) is 2.38. The first-order chi connectivity index (χ1) is 9.97. The van der Waals surface area contributed by atoms with Gasteiger partial charge in [-0.05, 0) is 25.3 Å². The molecule has 5 heteroatoms. The second kappa shape index (κ2) is 5.07. The Bertz CT molecular complexity index is 637. The molecule has 1 spiro atoms. The third-order valence-electron chi connectivity index (χ3n) is 5.05. The lowest BCUT2D eigenvalue weighted by atomic mass is 9.84. The van der Waals surface area contributed by atoms with E-state index in [9.17, 15) is 8.42 Å². The Morgan fingerprint density at radius 1 is 1.19 bits per heavy atom. The van der Waals surface area contributed by atoms with E-state index in [-0.39, 0.29) is 11.4 Å².